The third-order valence-corrected chi connectivity index (χ3v) is 3.86. The van der Waals surface area contributed by atoms with Crippen molar-refractivity contribution in [2.75, 3.05) is 6.54 Å². The smallest absolute Gasteiger partial charge is 0.246 e. The lowest BCUT2D eigenvalue weighted by molar-refractivity contribution is -0.150. The average Bonchev–Trinajstić information content (AvgIpc) is 2.37. The summed E-state index contributed by atoms with van der Waals surface area (Å²) in [4.78, 5) is 25.2. The Kier molecular flexibility index (Phi) is 4.45. The van der Waals surface area contributed by atoms with Crippen LogP contribution in [-0.4, -0.2) is 29.3 Å². The number of imide groups is 1. The minimum absolute atomic E-state index is 0.119. The van der Waals surface area contributed by atoms with Gasteiger partial charge in [-0.05, 0) is 18.6 Å². The molecule has 102 valence electrons. The van der Waals surface area contributed by atoms with E-state index in [0.29, 0.717) is 22.0 Å². The Labute approximate surface area is 121 Å². The van der Waals surface area contributed by atoms with Crippen molar-refractivity contribution in [3.8, 4) is 0 Å². The van der Waals surface area contributed by atoms with Gasteiger partial charge in [-0.1, -0.05) is 36.2 Å². The van der Waals surface area contributed by atoms with E-state index in [2.05, 4.69) is 5.32 Å². The lowest BCUT2D eigenvalue weighted by Crippen LogP contribution is -2.57. The van der Waals surface area contributed by atoms with Gasteiger partial charge in [-0.15, -0.1) is 0 Å². The third kappa shape index (κ3) is 2.91. The van der Waals surface area contributed by atoms with Crippen molar-refractivity contribution in [1.29, 1.82) is 0 Å². The number of carbonyl (C=O) groups is 2. The maximum Gasteiger partial charge on any atom is 0.246 e. The van der Waals surface area contributed by atoms with Crippen LogP contribution < -0.4 is 5.32 Å². The van der Waals surface area contributed by atoms with Gasteiger partial charge in [0.05, 0.1) is 19.1 Å². The number of amides is 2. The zero-order valence-electron chi connectivity index (χ0n) is 10.5. The summed E-state index contributed by atoms with van der Waals surface area (Å²) in [5.41, 5.74) is 0.601. The monoisotopic (exact) mass is 300 g/mol. The number of nitrogens with one attached hydrogen (secondary N) is 1. The Balaban J connectivity index is 2.25. The molecule has 2 amide bonds. The molecule has 19 heavy (non-hydrogen) atoms. The summed E-state index contributed by atoms with van der Waals surface area (Å²) in [6.07, 6.45) is 0.638. The molecule has 0 aromatic heterocycles. The molecule has 6 heteroatoms. The molecule has 0 bridgehead atoms. The van der Waals surface area contributed by atoms with Gasteiger partial charge >= 0.3 is 0 Å². The minimum atomic E-state index is -0.320. The number of hydrogen-bond donors (Lipinski definition) is 1. The van der Waals surface area contributed by atoms with Gasteiger partial charge in [-0.25, -0.2) is 0 Å². The summed E-state index contributed by atoms with van der Waals surface area (Å²) in [6, 6.07) is 4.79. The van der Waals surface area contributed by atoms with Crippen LogP contribution in [0, 0.1) is 0 Å². The van der Waals surface area contributed by atoms with Gasteiger partial charge in [0.25, 0.3) is 0 Å². The van der Waals surface area contributed by atoms with Gasteiger partial charge in [0.15, 0.2) is 0 Å². The van der Waals surface area contributed by atoms with Gasteiger partial charge < -0.3 is 0 Å². The van der Waals surface area contributed by atoms with Gasteiger partial charge in [0.2, 0.25) is 11.8 Å². The fourth-order valence-corrected chi connectivity index (χ4v) is 2.55. The second kappa shape index (κ2) is 5.90. The van der Waals surface area contributed by atoms with Gasteiger partial charge in [0, 0.05) is 15.6 Å². The molecular weight excluding hydrogens is 287 g/mol. The number of hydrogen-bond acceptors (Lipinski definition) is 3. The quantitative estimate of drug-likeness (QED) is 0.871. The van der Waals surface area contributed by atoms with Crippen molar-refractivity contribution in [3.63, 3.8) is 0 Å². The molecule has 1 aromatic rings. The highest BCUT2D eigenvalue weighted by Gasteiger charge is 2.33. The number of piperazine rings is 1. The molecule has 2 rings (SSSR count). The maximum atomic E-state index is 12.2. The normalized spacial score (nSPS) is 19.9. The first-order chi connectivity index (χ1) is 9.04. The molecule has 0 aliphatic carbocycles. The predicted molar refractivity (Wildman–Crippen MR) is 74.1 cm³/mol. The number of halogens is 2. The van der Waals surface area contributed by atoms with Gasteiger partial charge in [0.1, 0.15) is 0 Å². The molecule has 0 radical (unpaired) electrons. The molecule has 1 unspecified atom stereocenters. The van der Waals surface area contributed by atoms with Crippen molar-refractivity contribution >= 4 is 35.0 Å². The molecule has 0 spiro atoms. The first kappa shape index (κ1) is 14.3. The van der Waals surface area contributed by atoms with Crippen molar-refractivity contribution in [2.24, 2.45) is 0 Å². The minimum Gasteiger partial charge on any atom is -0.297 e. The van der Waals surface area contributed by atoms with Crippen LogP contribution in [0.4, 0.5) is 0 Å². The molecule has 1 fully saturated rings. The van der Waals surface area contributed by atoms with Crippen LogP contribution in [0.1, 0.15) is 18.9 Å². The Morgan fingerprint density at radius 2 is 1.95 bits per heavy atom. The first-order valence-corrected chi connectivity index (χ1v) is 6.80. The summed E-state index contributed by atoms with van der Waals surface area (Å²) in [5.74, 6) is -0.486. The van der Waals surface area contributed by atoms with E-state index in [0.717, 1.165) is 0 Å². The summed E-state index contributed by atoms with van der Waals surface area (Å²) in [7, 11) is 0. The highest BCUT2D eigenvalue weighted by molar-refractivity contribution is 6.36. The third-order valence-electron chi connectivity index (χ3n) is 3.15. The van der Waals surface area contributed by atoms with Crippen LogP contribution in [-0.2, 0) is 16.1 Å². The Morgan fingerprint density at radius 3 is 2.53 bits per heavy atom. The van der Waals surface area contributed by atoms with Crippen LogP contribution in [0.15, 0.2) is 18.2 Å². The lowest BCUT2D eigenvalue weighted by atomic mass is 10.1. The van der Waals surface area contributed by atoms with E-state index in [1.807, 2.05) is 6.92 Å². The zero-order chi connectivity index (χ0) is 14.0. The van der Waals surface area contributed by atoms with Crippen molar-refractivity contribution < 1.29 is 9.59 Å². The van der Waals surface area contributed by atoms with E-state index < -0.39 is 0 Å². The van der Waals surface area contributed by atoms with Crippen LogP contribution >= 0.6 is 23.2 Å². The van der Waals surface area contributed by atoms with Crippen molar-refractivity contribution in [1.82, 2.24) is 10.2 Å². The molecular formula is C13H14Cl2N2O2. The van der Waals surface area contributed by atoms with Crippen LogP contribution in [0.5, 0.6) is 0 Å². The average molecular weight is 301 g/mol. The fraction of sp³-hybridized carbons (Fsp3) is 0.385. The Morgan fingerprint density at radius 1 is 1.32 bits per heavy atom. The predicted octanol–water partition coefficient (Wildman–Crippen LogP) is 2.23. The second-order valence-corrected chi connectivity index (χ2v) is 5.17. The topological polar surface area (TPSA) is 49.4 Å². The Bertz CT molecular complexity index is 499. The summed E-state index contributed by atoms with van der Waals surface area (Å²) < 4.78 is 0. The van der Waals surface area contributed by atoms with Crippen LogP contribution in [0.3, 0.4) is 0 Å². The molecule has 4 nitrogen and oxygen atoms in total. The number of carbonyl (C=O) groups excluding carboxylic acids is 2. The van der Waals surface area contributed by atoms with E-state index >= 15 is 0 Å². The van der Waals surface area contributed by atoms with E-state index in [1.165, 1.54) is 4.90 Å². The highest BCUT2D eigenvalue weighted by atomic mass is 35.5. The standard InChI is InChI=1S/C13H14Cl2N2O2/c1-2-11-13(19)17(12(18)6-16-11)7-8-9(14)4-3-5-10(8)15/h3-5,11,16H,2,6-7H2,1H3. The SMILES string of the molecule is CCC1NCC(=O)N(Cc2c(Cl)cccc2Cl)C1=O. The summed E-state index contributed by atoms with van der Waals surface area (Å²) in [5, 5.41) is 3.82. The first-order valence-electron chi connectivity index (χ1n) is 6.05. The largest absolute Gasteiger partial charge is 0.297 e. The lowest BCUT2D eigenvalue weighted by Gasteiger charge is -2.31. The molecule has 0 saturated carbocycles. The van der Waals surface area contributed by atoms with Crippen LogP contribution in [0.25, 0.3) is 0 Å². The van der Waals surface area contributed by atoms with Gasteiger partial charge in [-0.2, -0.15) is 0 Å². The maximum absolute atomic E-state index is 12.2. The summed E-state index contributed by atoms with van der Waals surface area (Å²) >= 11 is 12.1. The molecule has 1 atom stereocenters. The number of rotatable bonds is 3. The Hall–Kier alpha value is -1.10. The summed E-state index contributed by atoms with van der Waals surface area (Å²) in [6.45, 7) is 2.17. The highest BCUT2D eigenvalue weighted by Crippen LogP contribution is 2.26. The van der Waals surface area contributed by atoms with E-state index in [4.69, 9.17) is 23.2 Å². The van der Waals surface area contributed by atoms with Crippen molar-refractivity contribution in [3.05, 3.63) is 33.8 Å². The molecule has 1 saturated heterocycles. The van der Waals surface area contributed by atoms with E-state index in [-0.39, 0.29) is 30.9 Å². The molecule has 1 aromatic carbocycles. The second-order valence-electron chi connectivity index (χ2n) is 4.36. The number of benzene rings is 1. The molecule has 1 heterocycles. The zero-order valence-corrected chi connectivity index (χ0v) is 12.0. The van der Waals surface area contributed by atoms with Crippen LogP contribution in [0.2, 0.25) is 10.0 Å². The molecule has 1 aliphatic rings. The molecule has 1 N–H and O–H groups in total. The fourth-order valence-electron chi connectivity index (χ4n) is 2.03. The number of nitrogens with zero attached hydrogens (tertiary/aromatic N) is 1. The van der Waals surface area contributed by atoms with Gasteiger partial charge in [-0.3, -0.25) is 19.8 Å². The molecule has 1 aliphatic heterocycles. The van der Waals surface area contributed by atoms with E-state index in [9.17, 15) is 9.59 Å². The van der Waals surface area contributed by atoms with E-state index in [1.54, 1.807) is 18.2 Å². The van der Waals surface area contributed by atoms with Crippen molar-refractivity contribution in [2.45, 2.75) is 25.9 Å².